The van der Waals surface area contributed by atoms with Gasteiger partial charge in [0, 0.05) is 18.2 Å². The highest BCUT2D eigenvalue weighted by molar-refractivity contribution is 5.61. The lowest BCUT2D eigenvalue weighted by atomic mass is 10.1. The first-order valence-corrected chi connectivity index (χ1v) is 6.35. The van der Waals surface area contributed by atoms with Crippen LogP contribution in [0.5, 0.6) is 0 Å². The van der Waals surface area contributed by atoms with Crippen LogP contribution < -0.4 is 5.73 Å². The molecule has 3 rings (SSSR count). The zero-order valence-electron chi connectivity index (χ0n) is 10.3. The van der Waals surface area contributed by atoms with Crippen molar-refractivity contribution in [2.75, 3.05) is 18.8 Å². The predicted molar refractivity (Wildman–Crippen MR) is 70.9 cm³/mol. The van der Waals surface area contributed by atoms with Gasteiger partial charge in [-0.15, -0.1) is 0 Å². The standard InChI is InChI=1S/C14H17N3O/c15-14-9-13(16-18-14)12-5-3-4-11(8-12)10-17-6-1-2-7-17/h3-5,8-9H,1-2,6-7,10,15H2. The molecular formula is C14H17N3O. The van der Waals surface area contributed by atoms with E-state index in [1.165, 1.54) is 31.5 Å². The smallest absolute Gasteiger partial charge is 0.222 e. The number of nitrogen functional groups attached to an aromatic ring is 1. The highest BCUT2D eigenvalue weighted by atomic mass is 16.5. The van der Waals surface area contributed by atoms with Crippen LogP contribution >= 0.6 is 0 Å². The van der Waals surface area contributed by atoms with E-state index in [1.54, 1.807) is 6.07 Å². The van der Waals surface area contributed by atoms with Crippen LogP contribution in [0.15, 0.2) is 34.9 Å². The molecule has 0 spiro atoms. The number of hydrogen-bond donors (Lipinski definition) is 1. The molecular weight excluding hydrogens is 226 g/mol. The van der Waals surface area contributed by atoms with E-state index < -0.39 is 0 Å². The van der Waals surface area contributed by atoms with Crippen LogP contribution in [-0.4, -0.2) is 23.1 Å². The Kier molecular flexibility index (Phi) is 3.02. The summed E-state index contributed by atoms with van der Waals surface area (Å²) in [6.45, 7) is 3.43. The molecule has 94 valence electrons. The van der Waals surface area contributed by atoms with E-state index in [2.05, 4.69) is 28.3 Å². The Hall–Kier alpha value is -1.81. The van der Waals surface area contributed by atoms with Crippen LogP contribution in [0, 0.1) is 0 Å². The number of anilines is 1. The Labute approximate surface area is 106 Å². The monoisotopic (exact) mass is 243 g/mol. The van der Waals surface area contributed by atoms with Gasteiger partial charge >= 0.3 is 0 Å². The molecule has 0 unspecified atom stereocenters. The fourth-order valence-electron chi connectivity index (χ4n) is 2.45. The summed E-state index contributed by atoms with van der Waals surface area (Å²) in [7, 11) is 0. The molecule has 2 aromatic rings. The molecule has 0 saturated carbocycles. The minimum absolute atomic E-state index is 0.356. The Bertz CT molecular complexity index is 529. The Morgan fingerprint density at radius 2 is 2.06 bits per heavy atom. The number of benzene rings is 1. The zero-order chi connectivity index (χ0) is 12.4. The molecule has 0 bridgehead atoms. The van der Waals surface area contributed by atoms with Gasteiger partial charge in [0.25, 0.3) is 0 Å². The van der Waals surface area contributed by atoms with Crippen molar-refractivity contribution in [3.05, 3.63) is 35.9 Å². The van der Waals surface area contributed by atoms with E-state index in [1.807, 2.05) is 6.07 Å². The third kappa shape index (κ3) is 2.38. The maximum absolute atomic E-state index is 5.55. The van der Waals surface area contributed by atoms with E-state index in [0.717, 1.165) is 17.8 Å². The van der Waals surface area contributed by atoms with Crippen molar-refractivity contribution in [3.8, 4) is 11.3 Å². The molecule has 1 aliphatic rings. The molecule has 4 heteroatoms. The lowest BCUT2D eigenvalue weighted by molar-refractivity contribution is 0.331. The van der Waals surface area contributed by atoms with Crippen molar-refractivity contribution in [1.29, 1.82) is 0 Å². The van der Waals surface area contributed by atoms with E-state index >= 15 is 0 Å². The summed E-state index contributed by atoms with van der Waals surface area (Å²) in [6, 6.07) is 10.2. The van der Waals surface area contributed by atoms with Gasteiger partial charge in [0.1, 0.15) is 5.69 Å². The Morgan fingerprint density at radius 3 is 2.78 bits per heavy atom. The highest BCUT2D eigenvalue weighted by Crippen LogP contribution is 2.22. The maximum atomic E-state index is 5.55. The second-order valence-corrected chi connectivity index (χ2v) is 4.80. The summed E-state index contributed by atoms with van der Waals surface area (Å²) in [5.74, 6) is 0.356. The molecule has 1 fully saturated rings. The molecule has 4 nitrogen and oxygen atoms in total. The fourth-order valence-corrected chi connectivity index (χ4v) is 2.45. The van der Waals surface area contributed by atoms with Crippen molar-refractivity contribution in [2.24, 2.45) is 0 Å². The molecule has 2 N–H and O–H groups in total. The largest absolute Gasteiger partial charge is 0.368 e. The van der Waals surface area contributed by atoms with E-state index in [0.29, 0.717) is 5.88 Å². The Morgan fingerprint density at radius 1 is 1.22 bits per heavy atom. The van der Waals surface area contributed by atoms with Gasteiger partial charge in [-0.05, 0) is 37.6 Å². The molecule has 0 radical (unpaired) electrons. The molecule has 2 heterocycles. The lowest BCUT2D eigenvalue weighted by Gasteiger charge is -2.14. The van der Waals surface area contributed by atoms with Gasteiger partial charge in [0.2, 0.25) is 5.88 Å². The summed E-state index contributed by atoms with van der Waals surface area (Å²) in [5.41, 5.74) is 8.73. The number of aromatic nitrogens is 1. The topological polar surface area (TPSA) is 55.3 Å². The van der Waals surface area contributed by atoms with Crippen molar-refractivity contribution in [2.45, 2.75) is 19.4 Å². The van der Waals surface area contributed by atoms with Crippen LogP contribution in [0.4, 0.5) is 5.88 Å². The third-order valence-corrected chi connectivity index (χ3v) is 3.36. The average Bonchev–Trinajstić information content (AvgIpc) is 3.01. The first-order chi connectivity index (χ1) is 8.81. The van der Waals surface area contributed by atoms with E-state index in [4.69, 9.17) is 10.3 Å². The van der Waals surface area contributed by atoms with Gasteiger partial charge in [0.05, 0.1) is 0 Å². The quantitative estimate of drug-likeness (QED) is 0.900. The summed E-state index contributed by atoms with van der Waals surface area (Å²) < 4.78 is 4.91. The van der Waals surface area contributed by atoms with E-state index in [9.17, 15) is 0 Å². The van der Waals surface area contributed by atoms with Crippen molar-refractivity contribution in [3.63, 3.8) is 0 Å². The molecule has 1 aromatic heterocycles. The summed E-state index contributed by atoms with van der Waals surface area (Å²) in [5, 5.41) is 3.95. The van der Waals surface area contributed by atoms with Gasteiger partial charge in [-0.3, -0.25) is 4.90 Å². The van der Waals surface area contributed by atoms with Crippen molar-refractivity contribution < 1.29 is 4.52 Å². The van der Waals surface area contributed by atoms with Crippen LogP contribution in [0.3, 0.4) is 0 Å². The number of rotatable bonds is 3. The van der Waals surface area contributed by atoms with Gasteiger partial charge in [-0.2, -0.15) is 0 Å². The Balaban J connectivity index is 1.80. The zero-order valence-corrected chi connectivity index (χ0v) is 10.3. The molecule has 1 aliphatic heterocycles. The van der Waals surface area contributed by atoms with Gasteiger partial charge in [-0.25, -0.2) is 0 Å². The summed E-state index contributed by atoms with van der Waals surface area (Å²) in [6.07, 6.45) is 2.64. The highest BCUT2D eigenvalue weighted by Gasteiger charge is 2.12. The molecule has 1 aromatic carbocycles. The van der Waals surface area contributed by atoms with Crippen LogP contribution in [-0.2, 0) is 6.54 Å². The molecule has 1 saturated heterocycles. The number of nitrogens with two attached hydrogens (primary N) is 1. The summed E-state index contributed by atoms with van der Waals surface area (Å²) in [4.78, 5) is 2.48. The predicted octanol–water partition coefficient (Wildman–Crippen LogP) is 2.52. The van der Waals surface area contributed by atoms with Gasteiger partial charge in [-0.1, -0.05) is 23.4 Å². The minimum Gasteiger partial charge on any atom is -0.368 e. The second-order valence-electron chi connectivity index (χ2n) is 4.80. The minimum atomic E-state index is 0.356. The van der Waals surface area contributed by atoms with Crippen LogP contribution in [0.1, 0.15) is 18.4 Å². The first kappa shape index (κ1) is 11.3. The number of hydrogen-bond acceptors (Lipinski definition) is 4. The molecule has 0 amide bonds. The normalized spacial score (nSPS) is 16.2. The lowest BCUT2D eigenvalue weighted by Crippen LogP contribution is -2.18. The van der Waals surface area contributed by atoms with Crippen molar-refractivity contribution in [1.82, 2.24) is 10.1 Å². The van der Waals surface area contributed by atoms with Crippen LogP contribution in [0.2, 0.25) is 0 Å². The number of nitrogens with zero attached hydrogens (tertiary/aromatic N) is 2. The van der Waals surface area contributed by atoms with Gasteiger partial charge in [0.15, 0.2) is 0 Å². The van der Waals surface area contributed by atoms with E-state index in [-0.39, 0.29) is 0 Å². The van der Waals surface area contributed by atoms with Crippen LogP contribution in [0.25, 0.3) is 11.3 Å². The molecule has 0 aliphatic carbocycles. The number of likely N-dealkylation sites (tertiary alicyclic amines) is 1. The second kappa shape index (κ2) is 4.82. The molecule has 0 atom stereocenters. The SMILES string of the molecule is Nc1cc(-c2cccc(CN3CCCC3)c2)no1. The first-order valence-electron chi connectivity index (χ1n) is 6.35. The molecule has 18 heavy (non-hydrogen) atoms. The summed E-state index contributed by atoms with van der Waals surface area (Å²) >= 11 is 0. The average molecular weight is 243 g/mol. The fraction of sp³-hybridized carbons (Fsp3) is 0.357. The third-order valence-electron chi connectivity index (χ3n) is 3.36. The maximum Gasteiger partial charge on any atom is 0.222 e. The van der Waals surface area contributed by atoms with Gasteiger partial charge < -0.3 is 10.3 Å². The van der Waals surface area contributed by atoms with Crippen molar-refractivity contribution >= 4 is 5.88 Å².